The van der Waals surface area contributed by atoms with Gasteiger partial charge in [-0.2, -0.15) is 0 Å². The second-order valence-electron chi connectivity index (χ2n) is 8.13. The number of para-hydroxylation sites is 1. The topological polar surface area (TPSA) is 83.4 Å². The predicted octanol–water partition coefficient (Wildman–Crippen LogP) is 1.91. The number of nitrogens with zero attached hydrogens (tertiary/aromatic N) is 2. The average molecular weight is 399 g/mol. The molecule has 2 atom stereocenters. The largest absolute Gasteiger partial charge is 0.354 e. The fourth-order valence-electron chi connectivity index (χ4n) is 3.89. The summed E-state index contributed by atoms with van der Waals surface area (Å²) < 4.78 is 1.92. The molecule has 29 heavy (non-hydrogen) atoms. The molecular weight excluding hydrogens is 368 g/mol. The van der Waals surface area contributed by atoms with Gasteiger partial charge in [0.2, 0.25) is 17.7 Å². The lowest BCUT2D eigenvalue weighted by Crippen LogP contribution is -2.46. The van der Waals surface area contributed by atoms with Crippen LogP contribution < -0.4 is 10.6 Å². The third-order valence-corrected chi connectivity index (χ3v) is 5.35. The van der Waals surface area contributed by atoms with Crippen LogP contribution in [-0.4, -0.2) is 52.4 Å². The van der Waals surface area contributed by atoms with Gasteiger partial charge in [-0.15, -0.1) is 0 Å². The molecule has 7 nitrogen and oxygen atoms in total. The Bertz CT molecular complexity index is 889. The minimum atomic E-state index is -0.253. The summed E-state index contributed by atoms with van der Waals surface area (Å²) in [5, 5.41) is 7.09. The first-order chi connectivity index (χ1) is 13.8. The third kappa shape index (κ3) is 5.37. The smallest absolute Gasteiger partial charge is 0.240 e. The van der Waals surface area contributed by atoms with Crippen molar-refractivity contribution < 1.29 is 14.4 Å². The van der Waals surface area contributed by atoms with Crippen molar-refractivity contribution in [2.24, 2.45) is 5.92 Å². The number of nitrogens with one attached hydrogen (secondary N) is 2. The summed E-state index contributed by atoms with van der Waals surface area (Å²) in [6, 6.07) is 9.82. The van der Waals surface area contributed by atoms with Gasteiger partial charge in [0.25, 0.3) is 0 Å². The summed E-state index contributed by atoms with van der Waals surface area (Å²) in [5.41, 5.74) is 1.01. The number of carbonyl (C=O) groups is 3. The van der Waals surface area contributed by atoms with Gasteiger partial charge in [0.1, 0.15) is 6.54 Å². The lowest BCUT2D eigenvalue weighted by molar-refractivity contribution is -0.132. The minimum Gasteiger partial charge on any atom is -0.354 e. The monoisotopic (exact) mass is 398 g/mol. The van der Waals surface area contributed by atoms with Crippen molar-refractivity contribution in [2.75, 3.05) is 13.1 Å². The van der Waals surface area contributed by atoms with Crippen LogP contribution in [0.25, 0.3) is 10.9 Å². The Kier molecular flexibility index (Phi) is 6.56. The Morgan fingerprint density at radius 2 is 1.86 bits per heavy atom. The van der Waals surface area contributed by atoms with Gasteiger partial charge in [-0.05, 0) is 44.2 Å². The highest BCUT2D eigenvalue weighted by Crippen LogP contribution is 2.19. The van der Waals surface area contributed by atoms with Crippen LogP contribution in [0.4, 0.5) is 0 Å². The molecule has 0 bridgehead atoms. The van der Waals surface area contributed by atoms with Crippen molar-refractivity contribution >= 4 is 28.6 Å². The first-order valence-corrected chi connectivity index (χ1v) is 10.2. The second kappa shape index (κ2) is 9.11. The van der Waals surface area contributed by atoms with Gasteiger partial charge in [-0.1, -0.05) is 18.2 Å². The van der Waals surface area contributed by atoms with E-state index >= 15 is 0 Å². The molecule has 1 aromatic carbocycles. The number of benzene rings is 1. The minimum absolute atomic E-state index is 0.0305. The van der Waals surface area contributed by atoms with Gasteiger partial charge < -0.3 is 20.1 Å². The molecule has 1 saturated heterocycles. The molecule has 1 aliphatic rings. The molecule has 3 rings (SSSR count). The van der Waals surface area contributed by atoms with Gasteiger partial charge >= 0.3 is 0 Å². The fraction of sp³-hybridized carbons (Fsp3) is 0.500. The fourth-order valence-corrected chi connectivity index (χ4v) is 3.89. The zero-order valence-corrected chi connectivity index (χ0v) is 17.4. The summed E-state index contributed by atoms with van der Waals surface area (Å²) in [4.78, 5) is 38.8. The molecule has 1 fully saturated rings. The van der Waals surface area contributed by atoms with Gasteiger partial charge in [0, 0.05) is 43.8 Å². The average Bonchev–Trinajstić information content (AvgIpc) is 2.92. The van der Waals surface area contributed by atoms with E-state index in [2.05, 4.69) is 10.6 Å². The molecular formula is C22H30N4O3. The summed E-state index contributed by atoms with van der Waals surface area (Å²) in [6.45, 7) is 6.40. The Morgan fingerprint density at radius 1 is 1.10 bits per heavy atom. The van der Waals surface area contributed by atoms with Crippen LogP contribution in [-0.2, 0) is 20.9 Å². The molecule has 0 unspecified atom stereocenters. The maximum atomic E-state index is 12.7. The summed E-state index contributed by atoms with van der Waals surface area (Å²) in [5.74, 6) is -0.455. The highest BCUT2D eigenvalue weighted by atomic mass is 16.2. The van der Waals surface area contributed by atoms with Crippen LogP contribution >= 0.6 is 0 Å². The van der Waals surface area contributed by atoms with Gasteiger partial charge in [0.05, 0.1) is 5.92 Å². The van der Waals surface area contributed by atoms with Crippen LogP contribution in [0.3, 0.4) is 0 Å². The van der Waals surface area contributed by atoms with Crippen molar-refractivity contribution in [3.63, 3.8) is 0 Å². The van der Waals surface area contributed by atoms with E-state index in [1.165, 1.54) is 6.92 Å². The maximum absolute atomic E-state index is 12.7. The lowest BCUT2D eigenvalue weighted by Gasteiger charge is -2.25. The zero-order valence-electron chi connectivity index (χ0n) is 17.4. The molecule has 3 amide bonds. The third-order valence-electron chi connectivity index (χ3n) is 5.35. The number of likely N-dealkylation sites (tertiary alicyclic amines) is 1. The second-order valence-corrected chi connectivity index (χ2v) is 8.13. The highest BCUT2D eigenvalue weighted by molar-refractivity contribution is 5.83. The first-order valence-electron chi connectivity index (χ1n) is 10.2. The van der Waals surface area contributed by atoms with E-state index in [9.17, 15) is 14.4 Å². The highest BCUT2D eigenvalue weighted by Gasteiger charge is 2.30. The number of carbonyl (C=O) groups excluding carboxylic acids is 3. The van der Waals surface area contributed by atoms with E-state index in [-0.39, 0.29) is 42.3 Å². The SMILES string of the molecule is CC(=O)N1C[C@@H](NC(=O)Cn2ccc3ccccc32)CC[C@@H](C(=O)NC(C)C)C1. The quantitative estimate of drug-likeness (QED) is 0.807. The van der Waals surface area contributed by atoms with E-state index in [1.807, 2.05) is 54.9 Å². The van der Waals surface area contributed by atoms with Crippen molar-refractivity contribution in [1.82, 2.24) is 20.1 Å². The molecule has 0 aliphatic carbocycles. The number of hydrogen-bond donors (Lipinski definition) is 2. The molecule has 7 heteroatoms. The van der Waals surface area contributed by atoms with Crippen molar-refractivity contribution in [3.8, 4) is 0 Å². The van der Waals surface area contributed by atoms with Crippen LogP contribution in [0.1, 0.15) is 33.6 Å². The molecule has 1 aliphatic heterocycles. The van der Waals surface area contributed by atoms with E-state index in [0.717, 1.165) is 10.9 Å². The predicted molar refractivity (Wildman–Crippen MR) is 112 cm³/mol. The van der Waals surface area contributed by atoms with Crippen molar-refractivity contribution in [1.29, 1.82) is 0 Å². The molecule has 0 saturated carbocycles. The molecule has 156 valence electrons. The maximum Gasteiger partial charge on any atom is 0.240 e. The van der Waals surface area contributed by atoms with Gasteiger partial charge in [-0.3, -0.25) is 14.4 Å². The van der Waals surface area contributed by atoms with Crippen molar-refractivity contribution in [2.45, 2.75) is 52.2 Å². The van der Waals surface area contributed by atoms with E-state index in [0.29, 0.717) is 25.9 Å². The Balaban J connectivity index is 1.64. The number of fused-ring (bicyclic) bond motifs is 1. The summed E-state index contributed by atoms with van der Waals surface area (Å²) in [7, 11) is 0. The Morgan fingerprint density at radius 3 is 2.59 bits per heavy atom. The van der Waals surface area contributed by atoms with E-state index in [4.69, 9.17) is 0 Å². The number of hydrogen-bond acceptors (Lipinski definition) is 3. The molecule has 2 heterocycles. The molecule has 0 radical (unpaired) electrons. The van der Waals surface area contributed by atoms with Crippen LogP contribution in [0, 0.1) is 5.92 Å². The number of aromatic nitrogens is 1. The van der Waals surface area contributed by atoms with Crippen LogP contribution in [0.15, 0.2) is 36.5 Å². The Labute approximate surface area is 171 Å². The van der Waals surface area contributed by atoms with Crippen LogP contribution in [0.2, 0.25) is 0 Å². The van der Waals surface area contributed by atoms with Crippen LogP contribution in [0.5, 0.6) is 0 Å². The standard InChI is InChI=1S/C22H30N4O3/c1-15(2)23-22(29)18-8-9-19(13-26(12-18)16(3)27)24-21(28)14-25-11-10-17-6-4-5-7-20(17)25/h4-7,10-11,15,18-19H,8-9,12-14H2,1-3H3,(H,23,29)(H,24,28)/t18-,19+/m1/s1. The Hall–Kier alpha value is -2.83. The molecule has 1 aromatic heterocycles. The number of rotatable bonds is 5. The number of amides is 3. The van der Waals surface area contributed by atoms with Gasteiger partial charge in [-0.25, -0.2) is 0 Å². The van der Waals surface area contributed by atoms with E-state index < -0.39 is 0 Å². The summed E-state index contributed by atoms with van der Waals surface area (Å²) >= 11 is 0. The molecule has 2 N–H and O–H groups in total. The molecule has 2 aromatic rings. The normalized spacial score (nSPS) is 19.8. The van der Waals surface area contributed by atoms with Gasteiger partial charge in [0.15, 0.2) is 0 Å². The first kappa shape index (κ1) is 20.9. The molecule has 0 spiro atoms. The lowest BCUT2D eigenvalue weighted by atomic mass is 10.0. The zero-order chi connectivity index (χ0) is 21.0. The summed E-state index contributed by atoms with van der Waals surface area (Å²) in [6.07, 6.45) is 3.21. The van der Waals surface area contributed by atoms with E-state index in [1.54, 1.807) is 4.90 Å². The van der Waals surface area contributed by atoms with Crippen molar-refractivity contribution in [3.05, 3.63) is 36.5 Å².